The molecular formula is C17H21N5O2. The van der Waals surface area contributed by atoms with Crippen molar-refractivity contribution in [2.45, 2.75) is 25.7 Å². The number of hydrogen-bond donors (Lipinski definition) is 1. The first-order valence-corrected chi connectivity index (χ1v) is 8.57. The van der Waals surface area contributed by atoms with Crippen molar-refractivity contribution in [2.24, 2.45) is 11.8 Å². The summed E-state index contributed by atoms with van der Waals surface area (Å²) in [6, 6.07) is 0. The molecule has 0 bridgehead atoms. The molecule has 2 amide bonds. The Kier molecular flexibility index (Phi) is 3.92. The molecule has 1 unspecified atom stereocenters. The molecule has 0 spiro atoms. The van der Waals surface area contributed by atoms with Crippen molar-refractivity contribution < 1.29 is 9.59 Å². The number of piperidine rings is 1. The van der Waals surface area contributed by atoms with Crippen molar-refractivity contribution in [3.05, 3.63) is 30.5 Å². The minimum absolute atomic E-state index is 0.0754. The van der Waals surface area contributed by atoms with Gasteiger partial charge in [0.2, 0.25) is 5.91 Å². The summed E-state index contributed by atoms with van der Waals surface area (Å²) in [4.78, 5) is 35.3. The topological polar surface area (TPSA) is 79.6 Å². The molecule has 24 heavy (non-hydrogen) atoms. The Morgan fingerprint density at radius 2 is 1.96 bits per heavy atom. The summed E-state index contributed by atoms with van der Waals surface area (Å²) < 4.78 is 1.78. The molecule has 4 rings (SSSR count). The number of amides is 2. The van der Waals surface area contributed by atoms with Crippen molar-refractivity contribution in [3.8, 4) is 0 Å². The summed E-state index contributed by atoms with van der Waals surface area (Å²) in [5.74, 6) is 0.469. The molecule has 0 radical (unpaired) electrons. The zero-order valence-electron chi connectivity index (χ0n) is 13.5. The van der Waals surface area contributed by atoms with Crippen LogP contribution in [-0.2, 0) is 4.79 Å². The van der Waals surface area contributed by atoms with E-state index in [1.807, 2.05) is 0 Å². The van der Waals surface area contributed by atoms with E-state index in [1.165, 1.54) is 12.8 Å². The quantitative estimate of drug-likeness (QED) is 0.912. The van der Waals surface area contributed by atoms with Gasteiger partial charge in [-0.25, -0.2) is 9.97 Å². The van der Waals surface area contributed by atoms with E-state index >= 15 is 0 Å². The number of imidazole rings is 1. The van der Waals surface area contributed by atoms with Gasteiger partial charge in [0.15, 0.2) is 11.3 Å². The van der Waals surface area contributed by atoms with Crippen LogP contribution >= 0.6 is 0 Å². The highest BCUT2D eigenvalue weighted by atomic mass is 16.2. The maximum Gasteiger partial charge on any atom is 0.276 e. The van der Waals surface area contributed by atoms with Crippen molar-refractivity contribution in [1.29, 1.82) is 0 Å². The van der Waals surface area contributed by atoms with Gasteiger partial charge in [-0.15, -0.1) is 0 Å². The lowest BCUT2D eigenvalue weighted by Gasteiger charge is -2.31. The Hall–Kier alpha value is -2.44. The number of fused-ring (bicyclic) bond motifs is 1. The van der Waals surface area contributed by atoms with E-state index in [9.17, 15) is 9.59 Å². The highest BCUT2D eigenvalue weighted by molar-refractivity contribution is 5.98. The van der Waals surface area contributed by atoms with Crippen molar-refractivity contribution in [3.63, 3.8) is 0 Å². The lowest BCUT2D eigenvalue weighted by Crippen LogP contribution is -2.46. The van der Waals surface area contributed by atoms with E-state index in [-0.39, 0.29) is 17.7 Å². The van der Waals surface area contributed by atoms with E-state index < -0.39 is 0 Å². The monoisotopic (exact) mass is 327 g/mol. The number of carbonyl (C=O) groups excluding carboxylic acids is 2. The van der Waals surface area contributed by atoms with E-state index in [2.05, 4.69) is 15.3 Å². The first kappa shape index (κ1) is 15.1. The maximum absolute atomic E-state index is 12.8. The molecule has 3 heterocycles. The Bertz CT molecular complexity index is 767. The Morgan fingerprint density at radius 1 is 1.17 bits per heavy atom. The number of rotatable bonds is 4. The lowest BCUT2D eigenvalue weighted by atomic mass is 9.96. The van der Waals surface area contributed by atoms with Crippen molar-refractivity contribution in [1.82, 2.24) is 24.6 Å². The molecule has 2 aromatic rings. The molecule has 126 valence electrons. The number of hydrogen-bond acceptors (Lipinski definition) is 4. The second kappa shape index (κ2) is 6.22. The van der Waals surface area contributed by atoms with Crippen LogP contribution in [0.2, 0.25) is 0 Å². The van der Waals surface area contributed by atoms with Crippen LogP contribution in [0.4, 0.5) is 0 Å². The fourth-order valence-corrected chi connectivity index (χ4v) is 3.24. The summed E-state index contributed by atoms with van der Waals surface area (Å²) >= 11 is 0. The normalized spacial score (nSPS) is 21.0. The summed E-state index contributed by atoms with van der Waals surface area (Å²) in [5.41, 5.74) is 0.907. The van der Waals surface area contributed by atoms with Crippen LogP contribution in [-0.4, -0.2) is 50.7 Å². The molecule has 2 aliphatic rings. The molecule has 1 aliphatic carbocycles. The summed E-state index contributed by atoms with van der Waals surface area (Å²) in [6.45, 7) is 1.89. The summed E-state index contributed by atoms with van der Waals surface area (Å²) in [7, 11) is 0. The van der Waals surface area contributed by atoms with Gasteiger partial charge in [-0.05, 0) is 31.6 Å². The first-order chi connectivity index (χ1) is 11.7. The second-order valence-electron chi connectivity index (χ2n) is 6.71. The van der Waals surface area contributed by atoms with Crippen molar-refractivity contribution >= 4 is 17.5 Å². The van der Waals surface area contributed by atoms with E-state index in [0.29, 0.717) is 30.3 Å². The van der Waals surface area contributed by atoms with Gasteiger partial charge in [-0.2, -0.15) is 0 Å². The average molecular weight is 327 g/mol. The largest absolute Gasteiger partial charge is 0.356 e. The van der Waals surface area contributed by atoms with Gasteiger partial charge in [0.05, 0.1) is 5.92 Å². The standard InChI is InChI=1S/C17H21N5O2/c23-16(20-10-12-3-4-12)13-2-1-7-22(11-13)17(24)14-15-19-6-9-21(15)8-5-18-14/h5-6,8-9,12-13H,1-4,7,10-11H2,(H,20,23). The van der Waals surface area contributed by atoms with Gasteiger partial charge in [-0.1, -0.05) is 0 Å². The SMILES string of the molecule is O=C(NCC1CC1)C1CCCN(C(=O)c2nccn3ccnc23)C1. The molecule has 1 saturated carbocycles. The smallest absolute Gasteiger partial charge is 0.276 e. The molecule has 0 aromatic carbocycles. The third kappa shape index (κ3) is 2.98. The fourth-order valence-electron chi connectivity index (χ4n) is 3.24. The molecule has 7 nitrogen and oxygen atoms in total. The van der Waals surface area contributed by atoms with Gasteiger partial charge in [-0.3, -0.25) is 9.59 Å². The number of nitrogens with one attached hydrogen (secondary N) is 1. The fraction of sp³-hybridized carbons (Fsp3) is 0.529. The third-order valence-corrected chi connectivity index (χ3v) is 4.86. The van der Waals surface area contributed by atoms with Crippen molar-refractivity contribution in [2.75, 3.05) is 19.6 Å². The van der Waals surface area contributed by atoms with E-state index in [0.717, 1.165) is 19.4 Å². The predicted octanol–water partition coefficient (Wildman–Crippen LogP) is 1.11. The third-order valence-electron chi connectivity index (χ3n) is 4.86. The molecule has 1 atom stereocenters. The van der Waals surface area contributed by atoms with Gasteiger partial charge in [0.25, 0.3) is 5.91 Å². The highest BCUT2D eigenvalue weighted by Crippen LogP contribution is 2.28. The zero-order valence-corrected chi connectivity index (χ0v) is 13.5. The molecule has 2 aromatic heterocycles. The summed E-state index contributed by atoms with van der Waals surface area (Å²) in [6.07, 6.45) is 10.9. The van der Waals surface area contributed by atoms with Gasteiger partial charge < -0.3 is 14.6 Å². The lowest BCUT2D eigenvalue weighted by molar-refractivity contribution is -0.126. The molecule has 1 saturated heterocycles. The number of likely N-dealkylation sites (tertiary alicyclic amines) is 1. The minimum Gasteiger partial charge on any atom is -0.356 e. The average Bonchev–Trinajstić information content (AvgIpc) is 3.33. The number of aromatic nitrogens is 3. The molecule has 2 fully saturated rings. The molecular weight excluding hydrogens is 306 g/mol. The first-order valence-electron chi connectivity index (χ1n) is 8.57. The second-order valence-corrected chi connectivity index (χ2v) is 6.71. The Morgan fingerprint density at radius 3 is 2.75 bits per heavy atom. The van der Waals surface area contributed by atoms with Crippen LogP contribution < -0.4 is 5.32 Å². The van der Waals surface area contributed by atoms with Gasteiger partial charge in [0, 0.05) is 44.4 Å². The van der Waals surface area contributed by atoms with E-state index in [1.54, 1.807) is 34.1 Å². The molecule has 7 heteroatoms. The highest BCUT2D eigenvalue weighted by Gasteiger charge is 2.31. The number of nitrogens with zero attached hydrogens (tertiary/aromatic N) is 4. The maximum atomic E-state index is 12.8. The van der Waals surface area contributed by atoms with Crippen LogP contribution in [0.25, 0.3) is 5.65 Å². The predicted molar refractivity (Wildman–Crippen MR) is 87.3 cm³/mol. The molecule has 1 aliphatic heterocycles. The zero-order chi connectivity index (χ0) is 16.5. The van der Waals surface area contributed by atoms with Gasteiger partial charge in [0.1, 0.15) is 0 Å². The van der Waals surface area contributed by atoms with E-state index in [4.69, 9.17) is 0 Å². The minimum atomic E-state index is -0.147. The van der Waals surface area contributed by atoms with Crippen LogP contribution in [0, 0.1) is 11.8 Å². The number of carbonyl (C=O) groups is 2. The van der Waals surface area contributed by atoms with Crippen LogP contribution in [0.15, 0.2) is 24.8 Å². The summed E-state index contributed by atoms with van der Waals surface area (Å²) in [5, 5.41) is 3.03. The Labute approximate surface area is 140 Å². The Balaban J connectivity index is 1.46. The van der Waals surface area contributed by atoms with Crippen LogP contribution in [0.5, 0.6) is 0 Å². The van der Waals surface area contributed by atoms with Crippen LogP contribution in [0.3, 0.4) is 0 Å². The van der Waals surface area contributed by atoms with Gasteiger partial charge >= 0.3 is 0 Å². The molecule has 1 N–H and O–H groups in total. The van der Waals surface area contributed by atoms with Crippen LogP contribution in [0.1, 0.15) is 36.2 Å².